The highest BCUT2D eigenvalue weighted by atomic mass is 127. The first-order valence-electron chi connectivity index (χ1n) is 11.9. The summed E-state index contributed by atoms with van der Waals surface area (Å²) in [7, 11) is 1.84. The van der Waals surface area contributed by atoms with Crippen molar-refractivity contribution >= 4 is 35.8 Å². The minimum Gasteiger partial charge on any atom is -0.381 e. The Morgan fingerprint density at radius 3 is 2.45 bits per heavy atom. The Morgan fingerprint density at radius 1 is 1.06 bits per heavy atom. The van der Waals surface area contributed by atoms with Crippen LogP contribution >= 0.6 is 24.0 Å². The van der Waals surface area contributed by atoms with Crippen molar-refractivity contribution < 1.29 is 14.3 Å². The van der Waals surface area contributed by atoms with E-state index in [1.54, 1.807) is 0 Å². The molecule has 3 aliphatic rings. The van der Waals surface area contributed by atoms with Crippen molar-refractivity contribution in [2.75, 3.05) is 85.8 Å². The first-order valence-corrected chi connectivity index (χ1v) is 11.9. The number of hydrogen-bond donors (Lipinski definition) is 1. The number of hydrogen-bond acceptors (Lipinski definition) is 5. The average molecular weight is 552 g/mol. The molecule has 9 heteroatoms. The molecule has 0 aromatic heterocycles. The number of piperazine rings is 1. The third-order valence-corrected chi connectivity index (χ3v) is 6.33. The quantitative estimate of drug-likeness (QED) is 0.214. The number of likely N-dealkylation sites (tertiary alicyclic amines) is 1. The molecular weight excluding hydrogens is 509 g/mol. The summed E-state index contributed by atoms with van der Waals surface area (Å²) in [5, 5.41) is 3.46. The number of aliphatic imine (C=N–C) groups is 1. The normalized spacial score (nSPS) is 23.4. The number of amides is 1. The highest BCUT2D eigenvalue weighted by Crippen LogP contribution is 2.12. The minimum absolute atomic E-state index is 0. The third-order valence-electron chi connectivity index (χ3n) is 6.33. The van der Waals surface area contributed by atoms with Gasteiger partial charge in [0.1, 0.15) is 0 Å². The molecule has 0 saturated carbocycles. The second kappa shape index (κ2) is 15.2. The lowest BCUT2D eigenvalue weighted by Gasteiger charge is -2.37. The lowest BCUT2D eigenvalue weighted by molar-refractivity contribution is -0.132. The van der Waals surface area contributed by atoms with Crippen LogP contribution in [0.4, 0.5) is 0 Å². The molecule has 0 aromatic carbocycles. The van der Waals surface area contributed by atoms with Crippen LogP contribution in [0.5, 0.6) is 0 Å². The van der Waals surface area contributed by atoms with Crippen LogP contribution in [0.3, 0.4) is 0 Å². The number of ether oxygens (including phenoxy) is 2. The molecule has 1 atom stereocenters. The maximum Gasteiger partial charge on any atom is 0.236 e. The fourth-order valence-electron chi connectivity index (χ4n) is 4.40. The predicted molar refractivity (Wildman–Crippen MR) is 134 cm³/mol. The summed E-state index contributed by atoms with van der Waals surface area (Å²) in [6, 6.07) is 0. The largest absolute Gasteiger partial charge is 0.381 e. The Labute approximate surface area is 205 Å². The van der Waals surface area contributed by atoms with Crippen molar-refractivity contribution in [1.29, 1.82) is 0 Å². The molecule has 1 amide bonds. The van der Waals surface area contributed by atoms with E-state index in [2.05, 4.69) is 25.0 Å². The molecule has 3 fully saturated rings. The molecule has 0 aromatic rings. The average Bonchev–Trinajstić information content (AvgIpc) is 3.13. The van der Waals surface area contributed by atoms with E-state index >= 15 is 0 Å². The van der Waals surface area contributed by atoms with E-state index in [4.69, 9.17) is 9.47 Å². The molecule has 0 bridgehead atoms. The number of carbonyl (C=O) groups excluding carboxylic acids is 1. The highest BCUT2D eigenvalue weighted by Gasteiger charge is 2.23. The van der Waals surface area contributed by atoms with E-state index in [0.29, 0.717) is 18.4 Å². The first-order chi connectivity index (χ1) is 14.8. The van der Waals surface area contributed by atoms with E-state index in [-0.39, 0.29) is 24.0 Å². The molecule has 1 unspecified atom stereocenters. The zero-order valence-electron chi connectivity index (χ0n) is 19.2. The van der Waals surface area contributed by atoms with E-state index in [1.807, 2.05) is 7.05 Å². The third kappa shape index (κ3) is 9.39. The summed E-state index contributed by atoms with van der Waals surface area (Å²) < 4.78 is 11.1. The molecule has 3 aliphatic heterocycles. The molecule has 3 heterocycles. The van der Waals surface area contributed by atoms with Gasteiger partial charge >= 0.3 is 0 Å². The summed E-state index contributed by atoms with van der Waals surface area (Å²) in [5.41, 5.74) is 0. The Hall–Kier alpha value is -0.650. The van der Waals surface area contributed by atoms with Crippen LogP contribution in [0.25, 0.3) is 0 Å². The highest BCUT2D eigenvalue weighted by molar-refractivity contribution is 14.0. The van der Waals surface area contributed by atoms with Crippen molar-refractivity contribution in [2.45, 2.75) is 38.5 Å². The first kappa shape index (κ1) is 26.6. The van der Waals surface area contributed by atoms with Crippen molar-refractivity contribution in [3.63, 3.8) is 0 Å². The van der Waals surface area contributed by atoms with Gasteiger partial charge in [0.05, 0.1) is 19.8 Å². The van der Waals surface area contributed by atoms with E-state index < -0.39 is 0 Å². The number of rotatable bonds is 8. The van der Waals surface area contributed by atoms with Gasteiger partial charge in [-0.25, -0.2) is 0 Å². The van der Waals surface area contributed by atoms with E-state index in [0.717, 1.165) is 104 Å². The van der Waals surface area contributed by atoms with Crippen molar-refractivity contribution in [1.82, 2.24) is 20.0 Å². The predicted octanol–water partition coefficient (Wildman–Crippen LogP) is 1.64. The summed E-state index contributed by atoms with van der Waals surface area (Å²) >= 11 is 0. The van der Waals surface area contributed by atoms with Crippen molar-refractivity contribution in [3.05, 3.63) is 0 Å². The fourth-order valence-corrected chi connectivity index (χ4v) is 4.40. The zero-order valence-corrected chi connectivity index (χ0v) is 21.6. The maximum atomic E-state index is 12.6. The Morgan fingerprint density at radius 2 is 1.81 bits per heavy atom. The second-order valence-electron chi connectivity index (χ2n) is 8.69. The lowest BCUT2D eigenvalue weighted by Crippen LogP contribution is -2.54. The number of nitrogens with one attached hydrogen (secondary N) is 1. The summed E-state index contributed by atoms with van der Waals surface area (Å²) in [6.07, 6.45) is 6.92. The van der Waals surface area contributed by atoms with Crippen LogP contribution in [-0.2, 0) is 14.3 Å². The zero-order chi connectivity index (χ0) is 21.0. The van der Waals surface area contributed by atoms with E-state index in [9.17, 15) is 4.79 Å². The van der Waals surface area contributed by atoms with Gasteiger partial charge in [-0.1, -0.05) is 12.8 Å². The van der Waals surface area contributed by atoms with Crippen LogP contribution in [0.2, 0.25) is 0 Å². The minimum atomic E-state index is 0. The molecular formula is C22H42IN5O3. The summed E-state index contributed by atoms with van der Waals surface area (Å²) in [6.45, 7) is 10.2. The molecule has 0 spiro atoms. The molecule has 1 N–H and O–H groups in total. The number of guanidine groups is 1. The van der Waals surface area contributed by atoms with Gasteiger partial charge in [-0.15, -0.1) is 24.0 Å². The van der Waals surface area contributed by atoms with Crippen LogP contribution < -0.4 is 5.32 Å². The molecule has 180 valence electrons. The number of halogens is 1. The molecule has 0 aliphatic carbocycles. The standard InChI is InChI=1S/C22H41N5O3.HI/c1-23-22(24-8-6-15-29-18-20-7-16-30-19-20)27-13-11-25(12-14-27)17-21(28)26-9-4-2-3-5-10-26;/h20H,2-19H2,1H3,(H,23,24);1H. The Bertz CT molecular complexity index is 529. The monoisotopic (exact) mass is 551 g/mol. The SMILES string of the molecule is CN=C(NCCCOCC1CCOC1)N1CCN(CC(=O)N2CCCCCC2)CC1.I. The van der Waals surface area contributed by atoms with Crippen LogP contribution in [-0.4, -0.2) is 112 Å². The van der Waals surface area contributed by atoms with Crippen LogP contribution in [0.1, 0.15) is 38.5 Å². The van der Waals surface area contributed by atoms with Crippen molar-refractivity contribution in [3.8, 4) is 0 Å². The molecule has 0 radical (unpaired) electrons. The van der Waals surface area contributed by atoms with Gasteiger partial charge < -0.3 is 24.6 Å². The van der Waals surface area contributed by atoms with Gasteiger partial charge in [0.25, 0.3) is 0 Å². The van der Waals surface area contributed by atoms with Gasteiger partial charge in [-0.2, -0.15) is 0 Å². The smallest absolute Gasteiger partial charge is 0.236 e. The fraction of sp³-hybridized carbons (Fsp3) is 0.909. The summed E-state index contributed by atoms with van der Waals surface area (Å²) in [4.78, 5) is 23.7. The van der Waals surface area contributed by atoms with Crippen molar-refractivity contribution in [2.24, 2.45) is 10.9 Å². The van der Waals surface area contributed by atoms with Gasteiger partial charge in [0, 0.05) is 72.0 Å². The van der Waals surface area contributed by atoms with Gasteiger partial charge in [-0.3, -0.25) is 14.7 Å². The molecule has 3 rings (SSSR count). The number of carbonyl (C=O) groups is 1. The van der Waals surface area contributed by atoms with Gasteiger partial charge in [0.2, 0.25) is 5.91 Å². The number of nitrogens with zero attached hydrogens (tertiary/aromatic N) is 4. The van der Waals surface area contributed by atoms with Crippen LogP contribution in [0.15, 0.2) is 4.99 Å². The topological polar surface area (TPSA) is 69.6 Å². The van der Waals surface area contributed by atoms with Gasteiger partial charge in [0.15, 0.2) is 5.96 Å². The Balaban J connectivity index is 0.00000341. The maximum absolute atomic E-state index is 12.6. The second-order valence-corrected chi connectivity index (χ2v) is 8.69. The van der Waals surface area contributed by atoms with Crippen LogP contribution in [0, 0.1) is 5.92 Å². The lowest BCUT2D eigenvalue weighted by atomic mass is 10.1. The molecule has 8 nitrogen and oxygen atoms in total. The molecule has 3 saturated heterocycles. The summed E-state index contributed by atoms with van der Waals surface area (Å²) in [5.74, 6) is 1.84. The molecule has 31 heavy (non-hydrogen) atoms. The Kier molecular flexibility index (Phi) is 13.1. The van der Waals surface area contributed by atoms with Gasteiger partial charge in [-0.05, 0) is 25.7 Å². The van der Waals surface area contributed by atoms with E-state index in [1.165, 1.54) is 12.8 Å².